The van der Waals surface area contributed by atoms with Crippen LogP contribution in [0.4, 0.5) is 5.69 Å². The van der Waals surface area contributed by atoms with Gasteiger partial charge in [-0.25, -0.2) is 0 Å². The van der Waals surface area contributed by atoms with Crippen molar-refractivity contribution in [2.24, 2.45) is 5.92 Å². The first kappa shape index (κ1) is 15.4. The fourth-order valence-corrected chi connectivity index (χ4v) is 1.87. The topological polar surface area (TPSA) is 120 Å². The van der Waals surface area contributed by atoms with Gasteiger partial charge in [-0.05, 0) is 0 Å². The van der Waals surface area contributed by atoms with Crippen molar-refractivity contribution in [3.05, 3.63) is 28.1 Å². The normalized spacial score (nSPS) is 21.7. The van der Waals surface area contributed by atoms with E-state index in [1.165, 1.54) is 12.3 Å². The van der Waals surface area contributed by atoms with Gasteiger partial charge in [-0.3, -0.25) is 14.9 Å². The van der Waals surface area contributed by atoms with Crippen molar-refractivity contribution in [1.82, 2.24) is 15.6 Å². The Labute approximate surface area is 115 Å². The molecule has 1 fully saturated rings. The number of carbonyl (C=O) groups is 1. The van der Waals surface area contributed by atoms with E-state index in [4.69, 9.17) is 0 Å². The number of amides is 1. The van der Waals surface area contributed by atoms with E-state index in [0.717, 1.165) is 0 Å². The lowest BCUT2D eigenvalue weighted by molar-refractivity contribution is -0.384. The molecular weight excluding hydrogens is 276 g/mol. The molecule has 1 amide bonds. The van der Waals surface area contributed by atoms with Crippen LogP contribution < -0.4 is 10.6 Å². The van der Waals surface area contributed by atoms with Gasteiger partial charge >= 0.3 is 0 Å². The minimum Gasteiger partial charge on any atom is -0.391 e. The van der Waals surface area contributed by atoms with Crippen LogP contribution in [-0.2, 0) is 0 Å². The number of nitrogens with one attached hydrogen (secondary N) is 3. The lowest BCUT2D eigenvalue weighted by Gasteiger charge is -2.13. The molecule has 19 heavy (non-hydrogen) atoms. The van der Waals surface area contributed by atoms with Crippen LogP contribution in [0.15, 0.2) is 12.3 Å². The molecule has 0 saturated carbocycles. The summed E-state index contributed by atoms with van der Waals surface area (Å²) >= 11 is 0. The molecule has 0 aromatic carbocycles. The molecule has 1 aliphatic heterocycles. The third kappa shape index (κ3) is 3.66. The van der Waals surface area contributed by atoms with Crippen molar-refractivity contribution < 1.29 is 14.8 Å². The van der Waals surface area contributed by atoms with Gasteiger partial charge in [0, 0.05) is 31.6 Å². The van der Waals surface area contributed by atoms with Gasteiger partial charge in [0.05, 0.1) is 17.2 Å². The van der Waals surface area contributed by atoms with Gasteiger partial charge in [0.15, 0.2) is 0 Å². The smallest absolute Gasteiger partial charge is 0.287 e. The lowest BCUT2D eigenvalue weighted by Crippen LogP contribution is -2.34. The van der Waals surface area contributed by atoms with E-state index in [-0.39, 0.29) is 29.7 Å². The molecule has 1 aromatic rings. The second-order valence-electron chi connectivity index (χ2n) is 4.22. The standard InChI is InChI=1S/C10H14N4O4.ClH/c15-9-5-11-2-6(9)3-13-10(16)8-1-7(4-12-8)14(17)18;/h1,4,6,9,11-12,15H,2-3,5H2,(H,13,16);1H. The lowest BCUT2D eigenvalue weighted by atomic mass is 10.1. The number of nitrogens with zero attached hydrogens (tertiary/aromatic N) is 1. The van der Waals surface area contributed by atoms with Crippen LogP contribution in [0.3, 0.4) is 0 Å². The molecule has 1 saturated heterocycles. The predicted octanol–water partition coefficient (Wildman–Crippen LogP) is -0.345. The van der Waals surface area contributed by atoms with Crippen molar-refractivity contribution in [3.8, 4) is 0 Å². The van der Waals surface area contributed by atoms with Gasteiger partial charge in [0.2, 0.25) is 0 Å². The van der Waals surface area contributed by atoms with E-state index in [1.54, 1.807) is 0 Å². The van der Waals surface area contributed by atoms with Gasteiger partial charge in [0.25, 0.3) is 11.6 Å². The number of rotatable bonds is 4. The molecule has 2 rings (SSSR count). The minimum atomic E-state index is -0.572. The second-order valence-corrected chi connectivity index (χ2v) is 4.22. The van der Waals surface area contributed by atoms with Gasteiger partial charge in [0.1, 0.15) is 5.69 Å². The van der Waals surface area contributed by atoms with Crippen LogP contribution in [0.25, 0.3) is 0 Å². The van der Waals surface area contributed by atoms with E-state index in [1.807, 2.05) is 0 Å². The molecule has 8 nitrogen and oxygen atoms in total. The van der Waals surface area contributed by atoms with Crippen molar-refractivity contribution in [1.29, 1.82) is 0 Å². The summed E-state index contributed by atoms with van der Waals surface area (Å²) in [7, 11) is 0. The number of β-amino-alcohol motifs (C(OH)–C–C–N with tert-alkyl or cyclic N) is 1. The number of H-pyrrole nitrogens is 1. The number of halogens is 1. The van der Waals surface area contributed by atoms with E-state index >= 15 is 0 Å². The summed E-state index contributed by atoms with van der Waals surface area (Å²) in [6.07, 6.45) is 0.698. The van der Waals surface area contributed by atoms with E-state index < -0.39 is 16.9 Å². The molecule has 0 spiro atoms. The number of nitro groups is 1. The largest absolute Gasteiger partial charge is 0.391 e. The summed E-state index contributed by atoms with van der Waals surface area (Å²) in [6, 6.07) is 1.18. The Bertz CT molecular complexity index is 464. The van der Waals surface area contributed by atoms with Crippen molar-refractivity contribution >= 4 is 24.0 Å². The van der Waals surface area contributed by atoms with Crippen LogP contribution in [0, 0.1) is 16.0 Å². The Morgan fingerprint density at radius 3 is 2.84 bits per heavy atom. The Balaban J connectivity index is 0.00000180. The fourth-order valence-electron chi connectivity index (χ4n) is 1.87. The maximum atomic E-state index is 11.7. The summed E-state index contributed by atoms with van der Waals surface area (Å²) < 4.78 is 0. The van der Waals surface area contributed by atoms with Gasteiger partial charge in [-0.1, -0.05) is 0 Å². The third-order valence-corrected chi connectivity index (χ3v) is 2.95. The molecule has 4 N–H and O–H groups in total. The zero-order valence-corrected chi connectivity index (χ0v) is 10.8. The number of aromatic amines is 1. The molecule has 2 unspecified atom stereocenters. The molecule has 2 heterocycles. The van der Waals surface area contributed by atoms with Crippen LogP contribution in [0.1, 0.15) is 10.5 Å². The highest BCUT2D eigenvalue weighted by atomic mass is 35.5. The highest BCUT2D eigenvalue weighted by Crippen LogP contribution is 2.12. The molecule has 106 valence electrons. The first-order valence-electron chi connectivity index (χ1n) is 5.57. The maximum absolute atomic E-state index is 11.7. The number of hydrogen-bond donors (Lipinski definition) is 4. The van der Waals surface area contributed by atoms with Crippen molar-refractivity contribution in [2.75, 3.05) is 19.6 Å². The van der Waals surface area contributed by atoms with E-state index in [2.05, 4.69) is 15.6 Å². The monoisotopic (exact) mass is 290 g/mol. The Morgan fingerprint density at radius 1 is 1.58 bits per heavy atom. The fraction of sp³-hybridized carbons (Fsp3) is 0.500. The molecule has 0 aliphatic carbocycles. The number of aromatic nitrogens is 1. The number of hydrogen-bond acceptors (Lipinski definition) is 5. The summed E-state index contributed by atoms with van der Waals surface area (Å²) in [4.78, 5) is 24.1. The van der Waals surface area contributed by atoms with Crippen LogP contribution in [-0.4, -0.2) is 46.7 Å². The average molecular weight is 291 g/mol. The van der Waals surface area contributed by atoms with Crippen LogP contribution >= 0.6 is 12.4 Å². The van der Waals surface area contributed by atoms with Crippen LogP contribution in [0.5, 0.6) is 0 Å². The minimum absolute atomic E-state index is 0. The molecule has 2 atom stereocenters. The van der Waals surface area contributed by atoms with E-state index in [9.17, 15) is 20.0 Å². The Hall–Kier alpha value is -1.64. The highest BCUT2D eigenvalue weighted by molar-refractivity contribution is 5.93. The maximum Gasteiger partial charge on any atom is 0.287 e. The third-order valence-electron chi connectivity index (χ3n) is 2.95. The summed E-state index contributed by atoms with van der Waals surface area (Å²) in [5.74, 6) is -0.443. The summed E-state index contributed by atoms with van der Waals surface area (Å²) in [5, 5.41) is 25.6. The molecular formula is C10H15ClN4O4. The van der Waals surface area contributed by atoms with E-state index in [0.29, 0.717) is 19.6 Å². The second kappa shape index (κ2) is 6.50. The number of aliphatic hydroxyl groups is 1. The van der Waals surface area contributed by atoms with Gasteiger partial charge < -0.3 is 20.7 Å². The SMILES string of the molecule is Cl.O=C(NCC1CNCC1O)c1cc([N+](=O)[O-])c[nH]1. The molecule has 1 aliphatic rings. The first-order chi connectivity index (χ1) is 8.58. The number of aliphatic hydroxyl groups excluding tert-OH is 1. The highest BCUT2D eigenvalue weighted by Gasteiger charge is 2.25. The molecule has 0 radical (unpaired) electrons. The first-order valence-corrected chi connectivity index (χ1v) is 5.57. The number of carbonyl (C=O) groups excluding carboxylic acids is 1. The Morgan fingerprint density at radius 2 is 2.32 bits per heavy atom. The predicted molar refractivity (Wildman–Crippen MR) is 69.4 cm³/mol. The summed E-state index contributed by atoms with van der Waals surface area (Å²) in [6.45, 7) is 1.50. The van der Waals surface area contributed by atoms with Gasteiger partial charge in [-0.2, -0.15) is 0 Å². The molecule has 9 heteroatoms. The molecule has 1 aromatic heterocycles. The summed E-state index contributed by atoms with van der Waals surface area (Å²) in [5.41, 5.74) is -0.00939. The van der Waals surface area contributed by atoms with Crippen molar-refractivity contribution in [2.45, 2.75) is 6.10 Å². The van der Waals surface area contributed by atoms with Gasteiger partial charge in [-0.15, -0.1) is 12.4 Å². The van der Waals surface area contributed by atoms with Crippen molar-refractivity contribution in [3.63, 3.8) is 0 Å². The zero-order chi connectivity index (χ0) is 13.1. The molecule has 0 bridgehead atoms. The zero-order valence-electron chi connectivity index (χ0n) is 9.96. The van der Waals surface area contributed by atoms with Crippen LogP contribution in [0.2, 0.25) is 0 Å². The Kier molecular flexibility index (Phi) is 5.28. The quantitative estimate of drug-likeness (QED) is 0.446. The average Bonchev–Trinajstić information content (AvgIpc) is 2.94.